The molecule has 0 spiro atoms. The van der Waals surface area contributed by atoms with Crippen molar-refractivity contribution in [1.82, 2.24) is 15.1 Å². The summed E-state index contributed by atoms with van der Waals surface area (Å²) in [6.45, 7) is 3.14. The van der Waals surface area contributed by atoms with Crippen LogP contribution < -0.4 is 5.32 Å². The van der Waals surface area contributed by atoms with Crippen LogP contribution in [0.5, 0.6) is 0 Å². The van der Waals surface area contributed by atoms with E-state index >= 15 is 0 Å². The third-order valence-electron chi connectivity index (χ3n) is 6.12. The summed E-state index contributed by atoms with van der Waals surface area (Å²) in [6.07, 6.45) is 5.84. The van der Waals surface area contributed by atoms with Crippen LogP contribution in [-0.4, -0.2) is 54.0 Å². The zero-order chi connectivity index (χ0) is 17.3. The van der Waals surface area contributed by atoms with Gasteiger partial charge in [0.25, 0.3) is 0 Å². The van der Waals surface area contributed by atoms with Gasteiger partial charge >= 0.3 is 6.03 Å². The van der Waals surface area contributed by atoms with Gasteiger partial charge in [-0.15, -0.1) is 0 Å². The number of nitrogens with one attached hydrogen (secondary N) is 1. The second kappa shape index (κ2) is 6.70. The fraction of sp³-hybridized carbons (Fsp3) is 0.600. The number of urea groups is 1. The molecule has 0 aromatic heterocycles. The summed E-state index contributed by atoms with van der Waals surface area (Å²) in [6, 6.07) is 10.8. The molecule has 0 atom stereocenters. The molecule has 5 nitrogen and oxygen atoms in total. The van der Waals surface area contributed by atoms with Crippen LogP contribution in [0.3, 0.4) is 0 Å². The van der Waals surface area contributed by atoms with Crippen molar-refractivity contribution in [2.24, 2.45) is 5.41 Å². The summed E-state index contributed by atoms with van der Waals surface area (Å²) in [7, 11) is 0. The third kappa shape index (κ3) is 3.37. The lowest BCUT2D eigenvalue weighted by Crippen LogP contribution is -2.49. The molecule has 5 heteroatoms. The summed E-state index contributed by atoms with van der Waals surface area (Å²) in [5.41, 5.74) is 1.22. The van der Waals surface area contributed by atoms with Crippen molar-refractivity contribution in [1.29, 1.82) is 0 Å². The Morgan fingerprint density at radius 1 is 1.12 bits per heavy atom. The number of benzene rings is 1. The minimum Gasteiger partial charge on any atom is -0.342 e. The average molecular weight is 341 g/mol. The van der Waals surface area contributed by atoms with E-state index in [2.05, 4.69) is 34.5 Å². The lowest BCUT2D eigenvalue weighted by Gasteiger charge is -2.37. The molecule has 0 radical (unpaired) electrons. The van der Waals surface area contributed by atoms with Crippen LogP contribution in [0.15, 0.2) is 30.3 Å². The van der Waals surface area contributed by atoms with E-state index < -0.39 is 0 Å². The standard InChI is InChI=1S/C20H27N3O2/c24-18(20(10-11-20)9-6-16-4-2-1-3-5-16)22-13-7-17(8-14-22)23-15-12-21-19(23)25/h1-5,17H,6-15H2,(H,21,25). The van der Waals surface area contributed by atoms with Crippen molar-refractivity contribution >= 4 is 11.9 Å². The highest BCUT2D eigenvalue weighted by atomic mass is 16.2. The fourth-order valence-corrected chi connectivity index (χ4v) is 4.30. The van der Waals surface area contributed by atoms with E-state index in [9.17, 15) is 9.59 Å². The van der Waals surface area contributed by atoms with Crippen molar-refractivity contribution in [2.45, 2.75) is 44.6 Å². The van der Waals surface area contributed by atoms with Crippen molar-refractivity contribution in [2.75, 3.05) is 26.2 Å². The van der Waals surface area contributed by atoms with Gasteiger partial charge in [-0.05, 0) is 44.1 Å². The molecule has 3 amide bonds. The van der Waals surface area contributed by atoms with Crippen LogP contribution in [-0.2, 0) is 11.2 Å². The van der Waals surface area contributed by atoms with Gasteiger partial charge in [0.15, 0.2) is 0 Å². The molecule has 3 fully saturated rings. The van der Waals surface area contributed by atoms with Gasteiger partial charge in [-0.2, -0.15) is 0 Å². The zero-order valence-electron chi connectivity index (χ0n) is 14.7. The molecule has 2 saturated heterocycles. The van der Waals surface area contributed by atoms with Gasteiger partial charge in [-0.1, -0.05) is 30.3 Å². The van der Waals surface area contributed by atoms with E-state index in [4.69, 9.17) is 0 Å². The fourth-order valence-electron chi connectivity index (χ4n) is 4.30. The predicted molar refractivity (Wildman–Crippen MR) is 96.1 cm³/mol. The number of hydrogen-bond donors (Lipinski definition) is 1. The Bertz CT molecular complexity index is 634. The molecule has 25 heavy (non-hydrogen) atoms. The number of rotatable bonds is 5. The predicted octanol–water partition coefficient (Wildman–Crippen LogP) is 2.42. The topological polar surface area (TPSA) is 52.7 Å². The van der Waals surface area contributed by atoms with Gasteiger partial charge in [0, 0.05) is 37.6 Å². The van der Waals surface area contributed by atoms with Crippen molar-refractivity contribution in [3.05, 3.63) is 35.9 Å². The van der Waals surface area contributed by atoms with E-state index in [0.717, 1.165) is 64.7 Å². The van der Waals surface area contributed by atoms with E-state index in [1.54, 1.807) is 0 Å². The quantitative estimate of drug-likeness (QED) is 0.894. The van der Waals surface area contributed by atoms with E-state index in [1.807, 2.05) is 11.0 Å². The largest absolute Gasteiger partial charge is 0.342 e. The number of aryl methyl sites for hydroxylation is 1. The van der Waals surface area contributed by atoms with Crippen LogP contribution >= 0.6 is 0 Å². The Morgan fingerprint density at radius 3 is 2.44 bits per heavy atom. The number of hydrogen-bond acceptors (Lipinski definition) is 2. The molecular weight excluding hydrogens is 314 g/mol. The summed E-state index contributed by atoms with van der Waals surface area (Å²) in [5.74, 6) is 0.354. The monoisotopic (exact) mass is 341 g/mol. The number of amides is 3. The highest BCUT2D eigenvalue weighted by Crippen LogP contribution is 2.51. The summed E-state index contributed by atoms with van der Waals surface area (Å²) in [5, 5.41) is 2.87. The molecule has 4 rings (SSSR count). The first-order valence-corrected chi connectivity index (χ1v) is 9.56. The first-order chi connectivity index (χ1) is 12.2. The van der Waals surface area contributed by atoms with Crippen molar-refractivity contribution < 1.29 is 9.59 Å². The second-order valence-corrected chi connectivity index (χ2v) is 7.71. The smallest absolute Gasteiger partial charge is 0.317 e. The lowest BCUT2D eigenvalue weighted by molar-refractivity contribution is -0.138. The van der Waals surface area contributed by atoms with E-state index in [0.29, 0.717) is 11.9 Å². The Kier molecular flexibility index (Phi) is 4.40. The van der Waals surface area contributed by atoms with E-state index in [-0.39, 0.29) is 11.4 Å². The molecule has 1 saturated carbocycles. The SMILES string of the molecule is O=C1NCCN1C1CCN(C(=O)C2(CCc3ccccc3)CC2)CC1. The maximum Gasteiger partial charge on any atom is 0.317 e. The molecule has 3 aliphatic rings. The average Bonchev–Trinajstić information content (AvgIpc) is 3.34. The summed E-state index contributed by atoms with van der Waals surface area (Å²) in [4.78, 5) is 28.8. The van der Waals surface area contributed by atoms with Crippen LogP contribution in [0.25, 0.3) is 0 Å². The molecular formula is C20H27N3O2. The van der Waals surface area contributed by atoms with Gasteiger partial charge in [0.05, 0.1) is 0 Å². The molecule has 1 aromatic rings. The van der Waals surface area contributed by atoms with E-state index in [1.165, 1.54) is 5.56 Å². The first-order valence-electron chi connectivity index (χ1n) is 9.56. The Balaban J connectivity index is 1.30. The van der Waals surface area contributed by atoms with Gasteiger partial charge in [0.1, 0.15) is 0 Å². The van der Waals surface area contributed by atoms with Crippen molar-refractivity contribution in [3.8, 4) is 0 Å². The Hall–Kier alpha value is -2.04. The molecule has 1 N–H and O–H groups in total. The number of piperidine rings is 1. The zero-order valence-corrected chi connectivity index (χ0v) is 14.7. The first kappa shape index (κ1) is 16.4. The molecule has 134 valence electrons. The summed E-state index contributed by atoms with van der Waals surface area (Å²) < 4.78 is 0. The van der Waals surface area contributed by atoms with Crippen LogP contribution in [0.1, 0.15) is 37.7 Å². The Labute approximate surface area is 149 Å². The van der Waals surface area contributed by atoms with Crippen molar-refractivity contribution in [3.63, 3.8) is 0 Å². The van der Waals surface area contributed by atoms with Crippen LogP contribution in [0.2, 0.25) is 0 Å². The van der Waals surface area contributed by atoms with Crippen LogP contribution in [0.4, 0.5) is 4.79 Å². The number of carbonyl (C=O) groups excluding carboxylic acids is 2. The minimum atomic E-state index is -0.103. The maximum absolute atomic E-state index is 13.0. The normalized spacial score (nSPS) is 22.8. The summed E-state index contributed by atoms with van der Waals surface area (Å²) >= 11 is 0. The number of likely N-dealkylation sites (tertiary alicyclic amines) is 1. The minimum absolute atomic E-state index is 0.0614. The van der Waals surface area contributed by atoms with Gasteiger partial charge < -0.3 is 15.1 Å². The molecule has 2 heterocycles. The van der Waals surface area contributed by atoms with Gasteiger partial charge in [0.2, 0.25) is 5.91 Å². The highest BCUT2D eigenvalue weighted by Gasteiger charge is 2.51. The second-order valence-electron chi connectivity index (χ2n) is 7.71. The Morgan fingerprint density at radius 2 is 1.84 bits per heavy atom. The van der Waals surface area contributed by atoms with Gasteiger partial charge in [-0.25, -0.2) is 4.79 Å². The number of nitrogens with zero attached hydrogens (tertiary/aromatic N) is 2. The molecule has 0 bridgehead atoms. The van der Waals surface area contributed by atoms with Gasteiger partial charge in [-0.3, -0.25) is 4.79 Å². The molecule has 2 aliphatic heterocycles. The lowest BCUT2D eigenvalue weighted by atomic mass is 9.93. The molecule has 0 unspecified atom stereocenters. The third-order valence-corrected chi connectivity index (χ3v) is 6.12. The maximum atomic E-state index is 13.0. The van der Waals surface area contributed by atoms with Crippen LogP contribution in [0, 0.1) is 5.41 Å². The highest BCUT2D eigenvalue weighted by molar-refractivity contribution is 5.85. The number of carbonyl (C=O) groups is 2. The molecule has 1 aliphatic carbocycles. The molecule has 1 aromatic carbocycles.